The lowest BCUT2D eigenvalue weighted by molar-refractivity contribution is 0.0555. The van der Waals surface area contributed by atoms with Crippen molar-refractivity contribution >= 4 is 16.7 Å². The maximum absolute atomic E-state index is 15.5. The average Bonchev–Trinajstić information content (AvgIpc) is 3.12. The fraction of sp³-hybridized carbons (Fsp3) is 0.480. The summed E-state index contributed by atoms with van der Waals surface area (Å²) in [4.78, 5) is 6.56. The minimum Gasteiger partial charge on any atom is -0.507 e. The van der Waals surface area contributed by atoms with Crippen molar-refractivity contribution in [1.29, 1.82) is 0 Å². The molecule has 1 aromatic carbocycles. The van der Waals surface area contributed by atoms with Gasteiger partial charge in [0.15, 0.2) is 5.82 Å². The molecule has 2 aliphatic rings. The molecule has 2 N–H and O–H groups in total. The Morgan fingerprint density at radius 1 is 1.12 bits per heavy atom. The normalized spacial score (nSPS) is 24.0. The van der Waals surface area contributed by atoms with Crippen LogP contribution in [0.4, 0.5) is 10.2 Å². The van der Waals surface area contributed by atoms with Gasteiger partial charge in [-0.25, -0.2) is 4.39 Å². The number of phenols is 1. The summed E-state index contributed by atoms with van der Waals surface area (Å²) in [6.07, 6.45) is 2.25. The quantitative estimate of drug-likeness (QED) is 0.624. The van der Waals surface area contributed by atoms with Gasteiger partial charge in [-0.05, 0) is 77.3 Å². The fourth-order valence-corrected chi connectivity index (χ4v) is 5.50. The van der Waals surface area contributed by atoms with Crippen LogP contribution in [0.25, 0.3) is 22.2 Å². The molecule has 32 heavy (non-hydrogen) atoms. The molecule has 0 radical (unpaired) electrons. The molecular weight excluding hydrogens is 405 g/mol. The number of nitrogens with zero attached hydrogens (tertiary/aromatic N) is 4. The highest BCUT2D eigenvalue weighted by atomic mass is 19.1. The summed E-state index contributed by atoms with van der Waals surface area (Å²) in [5, 5.41) is 23.9. The molecule has 1 fully saturated rings. The summed E-state index contributed by atoms with van der Waals surface area (Å²) in [5.74, 6) is 0.906. The van der Waals surface area contributed by atoms with Gasteiger partial charge in [0, 0.05) is 40.3 Å². The van der Waals surface area contributed by atoms with Gasteiger partial charge in [-0.1, -0.05) is 0 Å². The zero-order valence-electron chi connectivity index (χ0n) is 19.3. The van der Waals surface area contributed by atoms with Crippen LogP contribution in [0.3, 0.4) is 0 Å². The predicted molar refractivity (Wildman–Crippen MR) is 125 cm³/mol. The third kappa shape index (κ3) is 3.48. The second kappa shape index (κ2) is 7.10. The van der Waals surface area contributed by atoms with Gasteiger partial charge in [-0.2, -0.15) is 0 Å². The van der Waals surface area contributed by atoms with Crippen LogP contribution in [0.5, 0.6) is 5.75 Å². The molecule has 4 heterocycles. The molecule has 3 aromatic rings. The van der Waals surface area contributed by atoms with E-state index in [1.165, 1.54) is 0 Å². The summed E-state index contributed by atoms with van der Waals surface area (Å²) < 4.78 is 15.5. The van der Waals surface area contributed by atoms with Gasteiger partial charge in [0.2, 0.25) is 0 Å². The van der Waals surface area contributed by atoms with E-state index in [0.717, 1.165) is 40.8 Å². The van der Waals surface area contributed by atoms with Gasteiger partial charge < -0.3 is 15.3 Å². The maximum atomic E-state index is 15.5. The maximum Gasteiger partial charge on any atom is 0.154 e. The standard InChI is InChI=1S/C25H30FN5O/c1-14-8-16-10-21(32)17(11-18(16)27-13-14)19-9-15-6-7-31(23(15)29-28-19)20-12-24(2,3)30-25(4,5)22(20)26/h8-11,13,20,22,30,32H,6-7,12H2,1-5H3/t20-,22-/m0/s1. The second-order valence-corrected chi connectivity index (χ2v) is 10.5. The molecule has 1 saturated heterocycles. The topological polar surface area (TPSA) is 74.2 Å². The minimum atomic E-state index is -1.03. The number of halogens is 1. The highest BCUT2D eigenvalue weighted by molar-refractivity contribution is 5.87. The number of anilines is 1. The average molecular weight is 436 g/mol. The van der Waals surface area contributed by atoms with Crippen molar-refractivity contribution in [2.75, 3.05) is 11.4 Å². The van der Waals surface area contributed by atoms with E-state index in [2.05, 4.69) is 39.2 Å². The van der Waals surface area contributed by atoms with Crippen LogP contribution in [-0.4, -0.2) is 50.1 Å². The molecule has 0 saturated carbocycles. The Bertz CT molecular complexity index is 1210. The molecule has 168 valence electrons. The largest absolute Gasteiger partial charge is 0.507 e. The van der Waals surface area contributed by atoms with Crippen LogP contribution in [0, 0.1) is 6.92 Å². The third-order valence-electron chi connectivity index (χ3n) is 6.76. The van der Waals surface area contributed by atoms with Crippen LogP contribution >= 0.6 is 0 Å². The van der Waals surface area contributed by atoms with Crippen molar-refractivity contribution in [3.63, 3.8) is 0 Å². The number of phenolic OH excluding ortho intramolecular Hbond substituents is 1. The van der Waals surface area contributed by atoms with Gasteiger partial charge in [-0.3, -0.25) is 4.98 Å². The molecule has 6 nitrogen and oxygen atoms in total. The number of fused-ring (bicyclic) bond motifs is 2. The highest BCUT2D eigenvalue weighted by Crippen LogP contribution is 2.40. The summed E-state index contributed by atoms with van der Waals surface area (Å²) in [6, 6.07) is 7.28. The van der Waals surface area contributed by atoms with Crippen molar-refractivity contribution in [2.24, 2.45) is 0 Å². The number of benzene rings is 1. The Morgan fingerprint density at radius 3 is 2.69 bits per heavy atom. The molecule has 0 unspecified atom stereocenters. The van der Waals surface area contributed by atoms with Crippen molar-refractivity contribution in [1.82, 2.24) is 20.5 Å². The summed E-state index contributed by atoms with van der Waals surface area (Å²) in [7, 11) is 0. The third-order valence-corrected chi connectivity index (χ3v) is 6.76. The minimum absolute atomic E-state index is 0.152. The number of nitrogens with one attached hydrogen (secondary N) is 1. The fourth-order valence-electron chi connectivity index (χ4n) is 5.50. The van der Waals surface area contributed by atoms with E-state index in [1.54, 1.807) is 6.07 Å². The first kappa shape index (κ1) is 21.1. The summed E-state index contributed by atoms with van der Waals surface area (Å²) >= 11 is 0. The number of alkyl halides is 1. The molecule has 5 rings (SSSR count). The number of piperidine rings is 1. The number of aromatic hydroxyl groups is 1. The van der Waals surface area contributed by atoms with Crippen LogP contribution < -0.4 is 10.2 Å². The van der Waals surface area contributed by atoms with Crippen LogP contribution in [-0.2, 0) is 6.42 Å². The van der Waals surface area contributed by atoms with E-state index in [0.29, 0.717) is 17.7 Å². The van der Waals surface area contributed by atoms with Crippen molar-refractivity contribution in [2.45, 2.75) is 70.8 Å². The van der Waals surface area contributed by atoms with E-state index >= 15 is 4.39 Å². The predicted octanol–water partition coefficient (Wildman–Crippen LogP) is 4.33. The number of pyridine rings is 1. The number of aryl methyl sites for hydroxylation is 1. The molecular formula is C25H30FN5O. The van der Waals surface area contributed by atoms with E-state index in [9.17, 15) is 5.11 Å². The van der Waals surface area contributed by atoms with Gasteiger partial charge in [0.25, 0.3) is 0 Å². The molecule has 2 atom stereocenters. The molecule has 0 bridgehead atoms. The van der Waals surface area contributed by atoms with Crippen molar-refractivity contribution in [3.05, 3.63) is 41.6 Å². The number of hydrogen-bond acceptors (Lipinski definition) is 6. The SMILES string of the molecule is Cc1cnc2cc(-c3cc4c(nn3)N([C@H]3CC(C)(C)NC(C)(C)[C@H]3F)CC4)c(O)cc2c1. The van der Waals surface area contributed by atoms with Gasteiger partial charge in [-0.15, -0.1) is 10.2 Å². The van der Waals surface area contributed by atoms with Crippen LogP contribution in [0.2, 0.25) is 0 Å². The molecule has 0 aliphatic carbocycles. The lowest BCUT2D eigenvalue weighted by Gasteiger charge is -2.51. The smallest absolute Gasteiger partial charge is 0.154 e. The summed E-state index contributed by atoms with van der Waals surface area (Å²) in [6.45, 7) is 10.8. The Balaban J connectivity index is 1.50. The molecule has 0 amide bonds. The Labute approximate surface area is 187 Å². The highest BCUT2D eigenvalue weighted by Gasteiger charge is 2.49. The zero-order valence-corrected chi connectivity index (χ0v) is 19.3. The van der Waals surface area contributed by atoms with Gasteiger partial charge >= 0.3 is 0 Å². The lowest BCUT2D eigenvalue weighted by atomic mass is 9.77. The molecule has 2 aliphatic heterocycles. The zero-order chi connectivity index (χ0) is 22.8. The second-order valence-electron chi connectivity index (χ2n) is 10.5. The van der Waals surface area contributed by atoms with Crippen LogP contribution in [0.1, 0.15) is 45.2 Å². The molecule has 0 spiro atoms. The Kier molecular flexibility index (Phi) is 4.68. The molecule has 7 heteroatoms. The van der Waals surface area contributed by atoms with Gasteiger partial charge in [0.1, 0.15) is 11.9 Å². The summed E-state index contributed by atoms with van der Waals surface area (Å²) in [5.41, 5.74) is 3.29. The molecule has 2 aromatic heterocycles. The van der Waals surface area contributed by atoms with Crippen molar-refractivity contribution < 1.29 is 9.50 Å². The van der Waals surface area contributed by atoms with E-state index in [1.807, 2.05) is 45.2 Å². The Hall–Kier alpha value is -2.80. The Morgan fingerprint density at radius 2 is 1.91 bits per heavy atom. The number of rotatable bonds is 2. The van der Waals surface area contributed by atoms with Crippen molar-refractivity contribution in [3.8, 4) is 17.0 Å². The first-order valence-electron chi connectivity index (χ1n) is 11.2. The number of hydrogen-bond donors (Lipinski definition) is 2. The lowest BCUT2D eigenvalue weighted by Crippen LogP contribution is -2.69. The van der Waals surface area contributed by atoms with Crippen LogP contribution in [0.15, 0.2) is 30.5 Å². The monoisotopic (exact) mass is 435 g/mol. The van der Waals surface area contributed by atoms with E-state index in [4.69, 9.17) is 0 Å². The first-order chi connectivity index (χ1) is 15.0. The van der Waals surface area contributed by atoms with E-state index in [-0.39, 0.29) is 17.3 Å². The van der Waals surface area contributed by atoms with E-state index < -0.39 is 11.7 Å². The first-order valence-corrected chi connectivity index (χ1v) is 11.2. The van der Waals surface area contributed by atoms with Gasteiger partial charge in [0.05, 0.1) is 17.3 Å². The number of aromatic nitrogens is 3.